The standard InChI is InChI=1S/C17H26N4O/c1-11(2)8-9-18-17(22)7-6-15-13(4)19-16-10-12(3)20-21(16)14(15)5/h10-11H,6-9H2,1-5H3,(H,18,22). The Morgan fingerprint density at radius 2 is 2.05 bits per heavy atom. The second-order valence-corrected chi connectivity index (χ2v) is 6.35. The van der Waals surface area contributed by atoms with Crippen LogP contribution in [0.25, 0.3) is 5.65 Å². The molecule has 1 N–H and O–H groups in total. The molecule has 0 saturated heterocycles. The molecule has 1 amide bonds. The van der Waals surface area contributed by atoms with E-state index in [-0.39, 0.29) is 5.91 Å². The first-order valence-electron chi connectivity index (χ1n) is 7.97. The number of nitrogens with zero attached hydrogens (tertiary/aromatic N) is 3. The number of amides is 1. The minimum Gasteiger partial charge on any atom is -0.356 e. The maximum absolute atomic E-state index is 11.9. The van der Waals surface area contributed by atoms with Crippen molar-refractivity contribution in [2.75, 3.05) is 6.54 Å². The van der Waals surface area contributed by atoms with Crippen LogP contribution >= 0.6 is 0 Å². The summed E-state index contributed by atoms with van der Waals surface area (Å²) in [6.45, 7) is 11.1. The number of hydrogen-bond acceptors (Lipinski definition) is 3. The summed E-state index contributed by atoms with van der Waals surface area (Å²) < 4.78 is 1.87. The summed E-state index contributed by atoms with van der Waals surface area (Å²) in [6, 6.07) is 1.97. The highest BCUT2D eigenvalue weighted by atomic mass is 16.1. The molecule has 2 aromatic heterocycles. The summed E-state index contributed by atoms with van der Waals surface area (Å²) in [5.41, 5.74) is 5.01. The summed E-state index contributed by atoms with van der Waals surface area (Å²) in [5, 5.41) is 7.45. The molecule has 5 nitrogen and oxygen atoms in total. The predicted octanol–water partition coefficient (Wildman–Crippen LogP) is 2.75. The van der Waals surface area contributed by atoms with Crippen LogP contribution < -0.4 is 5.32 Å². The van der Waals surface area contributed by atoms with Gasteiger partial charge in [-0.25, -0.2) is 9.50 Å². The smallest absolute Gasteiger partial charge is 0.220 e. The lowest BCUT2D eigenvalue weighted by Gasteiger charge is -2.11. The van der Waals surface area contributed by atoms with Gasteiger partial charge in [0, 0.05) is 30.4 Å². The van der Waals surface area contributed by atoms with Gasteiger partial charge >= 0.3 is 0 Å². The van der Waals surface area contributed by atoms with Gasteiger partial charge in [0.05, 0.1) is 5.69 Å². The fourth-order valence-electron chi connectivity index (χ4n) is 2.63. The summed E-state index contributed by atoms with van der Waals surface area (Å²) in [6.07, 6.45) is 2.21. The van der Waals surface area contributed by atoms with Gasteiger partial charge in [0.15, 0.2) is 5.65 Å². The Bertz CT molecular complexity index is 673. The summed E-state index contributed by atoms with van der Waals surface area (Å²) in [5.74, 6) is 0.718. The maximum atomic E-state index is 11.9. The summed E-state index contributed by atoms with van der Waals surface area (Å²) in [4.78, 5) is 16.5. The second kappa shape index (κ2) is 6.90. The molecule has 0 aromatic carbocycles. The van der Waals surface area contributed by atoms with Crippen molar-refractivity contribution in [1.82, 2.24) is 19.9 Å². The SMILES string of the molecule is Cc1cc2nc(C)c(CCC(=O)NCCC(C)C)c(C)n2n1. The van der Waals surface area contributed by atoms with Crippen LogP contribution in [-0.4, -0.2) is 27.0 Å². The highest BCUT2D eigenvalue weighted by Gasteiger charge is 2.12. The highest BCUT2D eigenvalue weighted by Crippen LogP contribution is 2.16. The molecule has 0 fully saturated rings. The van der Waals surface area contributed by atoms with Gasteiger partial charge < -0.3 is 5.32 Å². The zero-order valence-electron chi connectivity index (χ0n) is 14.2. The molecule has 2 aromatic rings. The van der Waals surface area contributed by atoms with Crippen LogP contribution in [0.5, 0.6) is 0 Å². The number of aromatic nitrogens is 3. The normalized spacial score (nSPS) is 11.4. The van der Waals surface area contributed by atoms with Crippen LogP contribution in [-0.2, 0) is 11.2 Å². The van der Waals surface area contributed by atoms with Gasteiger partial charge in [-0.1, -0.05) is 13.8 Å². The molecule has 0 aliphatic rings. The molecule has 120 valence electrons. The maximum Gasteiger partial charge on any atom is 0.220 e. The van der Waals surface area contributed by atoms with Crippen LogP contribution in [0.3, 0.4) is 0 Å². The van der Waals surface area contributed by atoms with Crippen LogP contribution in [0.1, 0.15) is 49.3 Å². The fraction of sp³-hybridized carbons (Fsp3) is 0.588. The first-order chi connectivity index (χ1) is 10.4. The number of nitrogens with one attached hydrogen (secondary N) is 1. The van der Waals surface area contributed by atoms with E-state index in [9.17, 15) is 4.79 Å². The highest BCUT2D eigenvalue weighted by molar-refractivity contribution is 5.76. The van der Waals surface area contributed by atoms with Gasteiger partial charge in [-0.05, 0) is 45.1 Å². The molecular formula is C17H26N4O. The van der Waals surface area contributed by atoms with E-state index in [0.29, 0.717) is 18.8 Å². The molecule has 0 bridgehead atoms. The van der Waals surface area contributed by atoms with Gasteiger partial charge in [0.25, 0.3) is 0 Å². The van der Waals surface area contributed by atoms with E-state index in [4.69, 9.17) is 0 Å². The van der Waals surface area contributed by atoms with Crippen molar-refractivity contribution in [1.29, 1.82) is 0 Å². The molecule has 22 heavy (non-hydrogen) atoms. The van der Waals surface area contributed by atoms with Crippen LogP contribution in [0.2, 0.25) is 0 Å². The van der Waals surface area contributed by atoms with Gasteiger partial charge in [0.1, 0.15) is 0 Å². The minimum absolute atomic E-state index is 0.108. The number of rotatable bonds is 6. The zero-order chi connectivity index (χ0) is 16.3. The lowest BCUT2D eigenvalue weighted by atomic mass is 10.1. The topological polar surface area (TPSA) is 59.3 Å². The van der Waals surface area contributed by atoms with Crippen molar-refractivity contribution in [3.63, 3.8) is 0 Å². The summed E-state index contributed by atoms with van der Waals surface area (Å²) >= 11 is 0. The van der Waals surface area contributed by atoms with Crippen LogP contribution in [0.4, 0.5) is 0 Å². The lowest BCUT2D eigenvalue weighted by Crippen LogP contribution is -2.25. The molecule has 0 atom stereocenters. The van der Waals surface area contributed by atoms with Gasteiger partial charge in [-0.15, -0.1) is 0 Å². The van der Waals surface area contributed by atoms with Gasteiger partial charge in [-0.3, -0.25) is 4.79 Å². The Hall–Kier alpha value is -1.91. The number of fused-ring (bicyclic) bond motifs is 1. The largest absolute Gasteiger partial charge is 0.356 e. The van der Waals surface area contributed by atoms with Crippen molar-refractivity contribution in [3.05, 3.63) is 28.7 Å². The molecule has 0 aliphatic heterocycles. The Morgan fingerprint density at radius 1 is 1.32 bits per heavy atom. The quantitative estimate of drug-likeness (QED) is 0.892. The Morgan fingerprint density at radius 3 is 2.73 bits per heavy atom. The van der Waals surface area contributed by atoms with Crippen LogP contribution in [0, 0.1) is 26.7 Å². The minimum atomic E-state index is 0.108. The predicted molar refractivity (Wildman–Crippen MR) is 88.0 cm³/mol. The van der Waals surface area contributed by atoms with E-state index >= 15 is 0 Å². The lowest BCUT2D eigenvalue weighted by molar-refractivity contribution is -0.121. The van der Waals surface area contributed by atoms with E-state index in [2.05, 4.69) is 29.2 Å². The Kier molecular flexibility index (Phi) is 5.16. The van der Waals surface area contributed by atoms with E-state index in [1.165, 1.54) is 0 Å². The monoisotopic (exact) mass is 302 g/mol. The van der Waals surface area contributed by atoms with Crippen molar-refractivity contribution < 1.29 is 4.79 Å². The van der Waals surface area contributed by atoms with E-state index in [0.717, 1.165) is 41.3 Å². The van der Waals surface area contributed by atoms with Crippen molar-refractivity contribution in [2.45, 2.75) is 53.9 Å². The van der Waals surface area contributed by atoms with Crippen molar-refractivity contribution in [2.24, 2.45) is 5.92 Å². The third kappa shape index (κ3) is 3.84. The molecule has 0 saturated carbocycles. The number of aryl methyl sites for hydroxylation is 3. The van der Waals surface area contributed by atoms with Crippen molar-refractivity contribution in [3.8, 4) is 0 Å². The Balaban J connectivity index is 2.03. The van der Waals surface area contributed by atoms with E-state index in [1.54, 1.807) is 0 Å². The molecule has 0 aliphatic carbocycles. The van der Waals surface area contributed by atoms with E-state index in [1.807, 2.05) is 31.4 Å². The molecule has 0 unspecified atom stereocenters. The first-order valence-corrected chi connectivity index (χ1v) is 7.97. The number of carbonyl (C=O) groups is 1. The second-order valence-electron chi connectivity index (χ2n) is 6.35. The Labute approximate surface area is 132 Å². The van der Waals surface area contributed by atoms with Crippen LogP contribution in [0.15, 0.2) is 6.07 Å². The van der Waals surface area contributed by atoms with E-state index < -0.39 is 0 Å². The third-order valence-electron chi connectivity index (χ3n) is 3.93. The first kappa shape index (κ1) is 16.5. The summed E-state index contributed by atoms with van der Waals surface area (Å²) in [7, 11) is 0. The molecule has 2 rings (SSSR count). The molecule has 0 radical (unpaired) electrons. The average molecular weight is 302 g/mol. The third-order valence-corrected chi connectivity index (χ3v) is 3.93. The number of carbonyl (C=O) groups excluding carboxylic acids is 1. The molecule has 5 heteroatoms. The fourth-order valence-corrected chi connectivity index (χ4v) is 2.63. The average Bonchev–Trinajstić information content (AvgIpc) is 2.78. The molecule has 2 heterocycles. The molecular weight excluding hydrogens is 276 g/mol. The zero-order valence-corrected chi connectivity index (χ0v) is 14.2. The van der Waals surface area contributed by atoms with Gasteiger partial charge in [0.2, 0.25) is 5.91 Å². The van der Waals surface area contributed by atoms with Gasteiger partial charge in [-0.2, -0.15) is 5.10 Å². The number of hydrogen-bond donors (Lipinski definition) is 1. The molecule has 0 spiro atoms. The van der Waals surface area contributed by atoms with Crippen molar-refractivity contribution >= 4 is 11.6 Å².